The molecule has 0 aliphatic carbocycles. The average molecular weight is 552 g/mol. The van der Waals surface area contributed by atoms with Gasteiger partial charge in [-0.15, -0.1) is 0 Å². The van der Waals surface area contributed by atoms with Crippen molar-refractivity contribution >= 4 is 23.2 Å². The molecule has 210 valence electrons. The van der Waals surface area contributed by atoms with E-state index in [2.05, 4.69) is 27.3 Å². The van der Waals surface area contributed by atoms with Gasteiger partial charge in [0.1, 0.15) is 5.82 Å². The molecule has 1 saturated heterocycles. The molecule has 41 heavy (non-hydrogen) atoms. The van der Waals surface area contributed by atoms with E-state index in [4.69, 9.17) is 5.73 Å². The fourth-order valence-corrected chi connectivity index (χ4v) is 5.15. The molecule has 4 aromatic rings. The number of nitrogens with two attached hydrogens (primary N) is 1. The molecule has 0 atom stereocenters. The number of halogens is 1. The highest BCUT2D eigenvalue weighted by Gasteiger charge is 2.20. The van der Waals surface area contributed by atoms with Gasteiger partial charge >= 0.3 is 0 Å². The standard InChI is InChI=1S/C33H34FN5O2/c34-29-11-4-9-27(20-29)32(40)37-30-21-26(12-13-31(30)38-16-1-2-17-38)25-8-3-7-24(19-25)23-39(18-6-14-35)33(41)28-10-5-15-36-22-28/h3-5,7-13,15,19-22H,1-2,6,14,16-18,23,35H2,(H,37,40). The lowest BCUT2D eigenvalue weighted by Gasteiger charge is -2.24. The highest BCUT2D eigenvalue weighted by molar-refractivity contribution is 6.06. The number of rotatable bonds is 10. The summed E-state index contributed by atoms with van der Waals surface area (Å²) in [5, 5.41) is 3.03. The normalized spacial score (nSPS) is 12.8. The maximum absolute atomic E-state index is 13.8. The SMILES string of the molecule is NCCCN(Cc1cccc(-c2ccc(N3CCCC3)c(NC(=O)c3cccc(F)c3)c2)c1)C(=O)c1cccnc1. The molecule has 1 aliphatic heterocycles. The van der Waals surface area contributed by atoms with Crippen LogP contribution in [0.15, 0.2) is 91.3 Å². The van der Waals surface area contributed by atoms with Gasteiger partial charge in [0.15, 0.2) is 0 Å². The summed E-state index contributed by atoms with van der Waals surface area (Å²) in [7, 11) is 0. The molecule has 3 aromatic carbocycles. The van der Waals surface area contributed by atoms with Gasteiger partial charge < -0.3 is 20.9 Å². The van der Waals surface area contributed by atoms with E-state index in [1.165, 1.54) is 18.2 Å². The molecule has 0 bridgehead atoms. The van der Waals surface area contributed by atoms with E-state index in [0.717, 1.165) is 48.3 Å². The number of carbonyl (C=O) groups is 2. The van der Waals surface area contributed by atoms with Gasteiger partial charge in [0, 0.05) is 44.1 Å². The first-order valence-electron chi connectivity index (χ1n) is 14.0. The number of anilines is 2. The van der Waals surface area contributed by atoms with Gasteiger partial charge in [-0.3, -0.25) is 14.6 Å². The summed E-state index contributed by atoms with van der Waals surface area (Å²) in [4.78, 5) is 34.5. The number of hydrogen-bond acceptors (Lipinski definition) is 5. The third kappa shape index (κ3) is 6.96. The summed E-state index contributed by atoms with van der Waals surface area (Å²) >= 11 is 0. The molecular weight excluding hydrogens is 517 g/mol. The Balaban J connectivity index is 1.42. The van der Waals surface area contributed by atoms with Crippen molar-refractivity contribution < 1.29 is 14.0 Å². The van der Waals surface area contributed by atoms with Crippen molar-refractivity contribution in [3.63, 3.8) is 0 Å². The molecule has 0 saturated carbocycles. The van der Waals surface area contributed by atoms with Crippen molar-refractivity contribution in [2.75, 3.05) is 36.4 Å². The zero-order valence-electron chi connectivity index (χ0n) is 22.9. The third-order valence-corrected chi connectivity index (χ3v) is 7.24. The van der Waals surface area contributed by atoms with E-state index in [1.807, 2.05) is 30.3 Å². The second-order valence-electron chi connectivity index (χ2n) is 10.2. The van der Waals surface area contributed by atoms with Crippen molar-refractivity contribution in [3.05, 3.63) is 114 Å². The first kappa shape index (κ1) is 28.0. The number of amides is 2. The molecule has 0 unspecified atom stereocenters. The second-order valence-corrected chi connectivity index (χ2v) is 10.2. The Labute approximate surface area is 239 Å². The number of hydrogen-bond donors (Lipinski definition) is 2. The summed E-state index contributed by atoms with van der Waals surface area (Å²) in [5.41, 5.74) is 11.1. The van der Waals surface area contributed by atoms with Crippen LogP contribution < -0.4 is 16.0 Å². The Bertz CT molecular complexity index is 1500. The summed E-state index contributed by atoms with van der Waals surface area (Å²) in [6.45, 7) is 3.29. The molecule has 2 heterocycles. The quantitative estimate of drug-likeness (QED) is 0.263. The molecule has 5 rings (SSSR count). The van der Waals surface area contributed by atoms with Crippen molar-refractivity contribution in [3.8, 4) is 11.1 Å². The molecule has 1 aliphatic rings. The Morgan fingerprint density at radius 2 is 1.71 bits per heavy atom. The molecule has 3 N–H and O–H groups in total. The van der Waals surface area contributed by atoms with Crippen LogP contribution in [0.25, 0.3) is 11.1 Å². The van der Waals surface area contributed by atoms with Crippen LogP contribution in [0.5, 0.6) is 0 Å². The van der Waals surface area contributed by atoms with Gasteiger partial charge in [-0.2, -0.15) is 0 Å². The summed E-state index contributed by atoms with van der Waals surface area (Å²) in [6.07, 6.45) is 6.11. The van der Waals surface area contributed by atoms with Gasteiger partial charge in [0.2, 0.25) is 0 Å². The fourth-order valence-electron chi connectivity index (χ4n) is 5.15. The van der Waals surface area contributed by atoms with Crippen LogP contribution in [0.3, 0.4) is 0 Å². The highest BCUT2D eigenvalue weighted by atomic mass is 19.1. The first-order valence-corrected chi connectivity index (χ1v) is 14.0. The average Bonchev–Trinajstić information content (AvgIpc) is 3.54. The topological polar surface area (TPSA) is 91.6 Å². The molecule has 1 fully saturated rings. The Morgan fingerprint density at radius 3 is 2.46 bits per heavy atom. The van der Waals surface area contributed by atoms with Gasteiger partial charge in [0.05, 0.1) is 16.9 Å². The third-order valence-electron chi connectivity index (χ3n) is 7.24. The monoisotopic (exact) mass is 551 g/mol. The van der Waals surface area contributed by atoms with E-state index < -0.39 is 5.82 Å². The van der Waals surface area contributed by atoms with Gasteiger partial charge in [-0.05, 0) is 91.0 Å². The van der Waals surface area contributed by atoms with E-state index in [-0.39, 0.29) is 17.4 Å². The Kier molecular flexibility index (Phi) is 9.01. The molecule has 8 heteroatoms. The molecule has 0 radical (unpaired) electrons. The van der Waals surface area contributed by atoms with E-state index in [0.29, 0.717) is 37.3 Å². The van der Waals surface area contributed by atoms with Crippen LogP contribution in [0.4, 0.5) is 15.8 Å². The van der Waals surface area contributed by atoms with Crippen molar-refractivity contribution in [2.45, 2.75) is 25.8 Å². The molecular formula is C33H34FN5O2. The van der Waals surface area contributed by atoms with Gasteiger partial charge in [-0.25, -0.2) is 4.39 Å². The Morgan fingerprint density at radius 1 is 0.927 bits per heavy atom. The predicted octanol–water partition coefficient (Wildman–Crippen LogP) is 5.73. The van der Waals surface area contributed by atoms with Gasteiger partial charge in [0.25, 0.3) is 11.8 Å². The maximum atomic E-state index is 13.8. The molecule has 2 amide bonds. The first-order chi connectivity index (χ1) is 20.0. The lowest BCUT2D eigenvalue weighted by molar-refractivity contribution is 0.0741. The van der Waals surface area contributed by atoms with Crippen LogP contribution in [-0.4, -0.2) is 47.9 Å². The minimum atomic E-state index is -0.453. The number of nitrogens with one attached hydrogen (secondary N) is 1. The maximum Gasteiger partial charge on any atom is 0.255 e. The molecule has 7 nitrogen and oxygen atoms in total. The highest BCUT2D eigenvalue weighted by Crippen LogP contribution is 2.34. The smallest absolute Gasteiger partial charge is 0.255 e. The number of nitrogens with zero attached hydrogens (tertiary/aromatic N) is 3. The molecule has 0 spiro atoms. The van der Waals surface area contributed by atoms with Crippen LogP contribution in [0, 0.1) is 5.82 Å². The van der Waals surface area contributed by atoms with Crippen LogP contribution in [0.1, 0.15) is 45.5 Å². The number of pyridine rings is 1. The lowest BCUT2D eigenvalue weighted by atomic mass is 10.0. The number of carbonyl (C=O) groups excluding carboxylic acids is 2. The largest absolute Gasteiger partial charge is 0.370 e. The van der Waals surface area contributed by atoms with Crippen molar-refractivity contribution in [1.29, 1.82) is 0 Å². The fraction of sp³-hybridized carbons (Fsp3) is 0.242. The minimum absolute atomic E-state index is 0.0886. The van der Waals surface area contributed by atoms with Crippen LogP contribution >= 0.6 is 0 Å². The predicted molar refractivity (Wildman–Crippen MR) is 160 cm³/mol. The zero-order chi connectivity index (χ0) is 28.6. The van der Waals surface area contributed by atoms with Crippen molar-refractivity contribution in [2.24, 2.45) is 5.73 Å². The van der Waals surface area contributed by atoms with Crippen LogP contribution in [-0.2, 0) is 6.54 Å². The lowest BCUT2D eigenvalue weighted by Crippen LogP contribution is -2.32. The zero-order valence-corrected chi connectivity index (χ0v) is 22.9. The second kappa shape index (κ2) is 13.2. The number of aromatic nitrogens is 1. The van der Waals surface area contributed by atoms with Crippen molar-refractivity contribution in [1.82, 2.24) is 9.88 Å². The summed E-state index contributed by atoms with van der Waals surface area (Å²) in [5.74, 6) is -0.903. The molecule has 1 aromatic heterocycles. The van der Waals surface area contributed by atoms with Crippen LogP contribution in [0.2, 0.25) is 0 Å². The van der Waals surface area contributed by atoms with E-state index >= 15 is 0 Å². The van der Waals surface area contributed by atoms with Gasteiger partial charge in [-0.1, -0.05) is 30.3 Å². The van der Waals surface area contributed by atoms with E-state index in [1.54, 1.807) is 35.5 Å². The summed E-state index contributed by atoms with van der Waals surface area (Å²) in [6, 6.07) is 23.3. The number of benzene rings is 3. The summed E-state index contributed by atoms with van der Waals surface area (Å²) < 4.78 is 13.8. The Hall–Kier alpha value is -4.56. The minimum Gasteiger partial charge on any atom is -0.370 e. The van der Waals surface area contributed by atoms with E-state index in [9.17, 15) is 14.0 Å².